The molecule has 1 aromatic carbocycles. The Balaban J connectivity index is 2.34. The summed E-state index contributed by atoms with van der Waals surface area (Å²) in [5.74, 6) is 0.672. The molecule has 118 valence electrons. The lowest BCUT2D eigenvalue weighted by molar-refractivity contribution is 0.246. The fourth-order valence-electron chi connectivity index (χ4n) is 2.73. The maximum absolute atomic E-state index is 12.8. The molecule has 2 N–H and O–H groups in total. The molecule has 4 nitrogen and oxygen atoms in total. The van der Waals surface area contributed by atoms with Gasteiger partial charge in [0, 0.05) is 23.8 Å². The van der Waals surface area contributed by atoms with Gasteiger partial charge in [-0.05, 0) is 59.7 Å². The average molecular weight is 396 g/mol. The summed E-state index contributed by atoms with van der Waals surface area (Å²) in [5, 5.41) is 0.319. The van der Waals surface area contributed by atoms with Crippen LogP contribution in [0.15, 0.2) is 21.5 Å². The first-order valence-electron chi connectivity index (χ1n) is 6.96. The van der Waals surface area contributed by atoms with E-state index >= 15 is 0 Å². The maximum atomic E-state index is 12.8. The van der Waals surface area contributed by atoms with Gasteiger partial charge in [-0.15, -0.1) is 0 Å². The molecule has 1 fully saturated rings. The normalized spacial score (nSPS) is 23.5. The first kappa shape index (κ1) is 17.1. The fourth-order valence-corrected chi connectivity index (χ4v) is 5.40. The quantitative estimate of drug-likeness (QED) is 0.790. The van der Waals surface area contributed by atoms with E-state index in [2.05, 4.69) is 22.9 Å². The van der Waals surface area contributed by atoms with Crippen LogP contribution in [-0.2, 0) is 10.0 Å². The molecule has 0 saturated heterocycles. The van der Waals surface area contributed by atoms with E-state index in [0.29, 0.717) is 21.1 Å². The Bertz CT molecular complexity index is 628. The van der Waals surface area contributed by atoms with Crippen LogP contribution in [0.25, 0.3) is 0 Å². The van der Waals surface area contributed by atoms with Crippen LogP contribution in [0, 0.1) is 5.92 Å². The van der Waals surface area contributed by atoms with Gasteiger partial charge in [0.2, 0.25) is 10.0 Å². The van der Waals surface area contributed by atoms with Crippen LogP contribution >= 0.6 is 27.5 Å². The van der Waals surface area contributed by atoms with Crippen LogP contribution in [0.1, 0.15) is 32.6 Å². The highest BCUT2D eigenvalue weighted by molar-refractivity contribution is 9.10. The van der Waals surface area contributed by atoms with E-state index in [-0.39, 0.29) is 10.9 Å². The van der Waals surface area contributed by atoms with E-state index in [1.807, 2.05) is 0 Å². The molecule has 0 amide bonds. The van der Waals surface area contributed by atoms with Crippen LogP contribution in [-0.4, -0.2) is 25.8 Å². The van der Waals surface area contributed by atoms with E-state index in [1.54, 1.807) is 7.05 Å². The van der Waals surface area contributed by atoms with Crippen LogP contribution in [0.5, 0.6) is 0 Å². The number of nitrogen functional groups attached to an aromatic ring is 1. The third-order valence-corrected chi connectivity index (χ3v) is 7.49. The van der Waals surface area contributed by atoms with Gasteiger partial charge < -0.3 is 5.73 Å². The average Bonchev–Trinajstić information content (AvgIpc) is 2.42. The van der Waals surface area contributed by atoms with Crippen molar-refractivity contribution < 1.29 is 8.42 Å². The van der Waals surface area contributed by atoms with Gasteiger partial charge in [-0.2, -0.15) is 4.31 Å². The molecular formula is C14H20BrClN2O2S. The SMILES string of the molecule is CC1CCC(N(C)S(=O)(=O)c2cc(Cl)cc(N)c2Br)CC1. The van der Waals surface area contributed by atoms with E-state index in [4.69, 9.17) is 17.3 Å². The predicted molar refractivity (Wildman–Crippen MR) is 89.9 cm³/mol. The van der Waals surface area contributed by atoms with Crippen LogP contribution in [0.3, 0.4) is 0 Å². The molecule has 0 atom stereocenters. The van der Waals surface area contributed by atoms with Gasteiger partial charge in [-0.3, -0.25) is 0 Å². The molecule has 0 radical (unpaired) electrons. The summed E-state index contributed by atoms with van der Waals surface area (Å²) in [7, 11) is -1.97. The zero-order valence-corrected chi connectivity index (χ0v) is 15.3. The summed E-state index contributed by atoms with van der Waals surface area (Å²) in [6.45, 7) is 2.21. The van der Waals surface area contributed by atoms with Gasteiger partial charge in [-0.25, -0.2) is 8.42 Å². The van der Waals surface area contributed by atoms with Crippen LogP contribution in [0.4, 0.5) is 5.69 Å². The Hall–Kier alpha value is -0.300. The Kier molecular flexibility index (Phi) is 5.23. The minimum Gasteiger partial charge on any atom is -0.398 e. The number of hydrogen-bond donors (Lipinski definition) is 1. The number of nitrogens with two attached hydrogens (primary N) is 1. The highest BCUT2D eigenvalue weighted by atomic mass is 79.9. The first-order valence-corrected chi connectivity index (χ1v) is 9.57. The zero-order chi connectivity index (χ0) is 15.8. The Morgan fingerprint density at radius 3 is 2.43 bits per heavy atom. The van der Waals surface area contributed by atoms with E-state index in [9.17, 15) is 8.42 Å². The Labute approximate surface area is 139 Å². The molecule has 1 aliphatic rings. The van der Waals surface area contributed by atoms with Gasteiger partial charge in [0.15, 0.2) is 0 Å². The predicted octanol–water partition coefficient (Wildman–Crippen LogP) is 3.88. The first-order chi connectivity index (χ1) is 9.73. The Morgan fingerprint density at radius 2 is 1.86 bits per heavy atom. The zero-order valence-electron chi connectivity index (χ0n) is 12.1. The van der Waals surface area contributed by atoms with Gasteiger partial charge >= 0.3 is 0 Å². The smallest absolute Gasteiger partial charge is 0.244 e. The lowest BCUT2D eigenvalue weighted by Gasteiger charge is -2.33. The second-order valence-electron chi connectivity index (χ2n) is 5.74. The number of benzene rings is 1. The summed E-state index contributed by atoms with van der Waals surface area (Å²) in [6, 6.07) is 3.02. The molecule has 7 heteroatoms. The van der Waals surface area contributed by atoms with Crippen molar-refractivity contribution in [1.29, 1.82) is 0 Å². The molecule has 2 rings (SSSR count). The van der Waals surface area contributed by atoms with Gasteiger partial charge in [0.05, 0.1) is 9.37 Å². The summed E-state index contributed by atoms with van der Waals surface area (Å²) in [4.78, 5) is 0.133. The van der Waals surface area contributed by atoms with Crippen molar-refractivity contribution in [1.82, 2.24) is 4.31 Å². The van der Waals surface area contributed by atoms with Crippen molar-refractivity contribution in [3.8, 4) is 0 Å². The van der Waals surface area contributed by atoms with Gasteiger partial charge in [-0.1, -0.05) is 18.5 Å². The monoisotopic (exact) mass is 394 g/mol. The summed E-state index contributed by atoms with van der Waals surface area (Å²) in [5.41, 5.74) is 6.13. The van der Waals surface area contributed by atoms with Gasteiger partial charge in [0.1, 0.15) is 0 Å². The summed E-state index contributed by atoms with van der Waals surface area (Å²) >= 11 is 9.22. The second kappa shape index (κ2) is 6.44. The lowest BCUT2D eigenvalue weighted by atomic mass is 9.87. The van der Waals surface area contributed by atoms with Crippen molar-refractivity contribution in [2.24, 2.45) is 5.92 Å². The molecule has 21 heavy (non-hydrogen) atoms. The van der Waals surface area contributed by atoms with Crippen molar-refractivity contribution in [3.63, 3.8) is 0 Å². The molecule has 0 unspecified atom stereocenters. The van der Waals surface area contributed by atoms with Crippen LogP contribution in [0.2, 0.25) is 5.02 Å². The minimum atomic E-state index is -3.61. The number of sulfonamides is 1. The van der Waals surface area contributed by atoms with Crippen molar-refractivity contribution in [2.45, 2.75) is 43.5 Å². The van der Waals surface area contributed by atoms with Crippen LogP contribution < -0.4 is 5.73 Å². The largest absolute Gasteiger partial charge is 0.398 e. The van der Waals surface area contributed by atoms with E-state index < -0.39 is 10.0 Å². The maximum Gasteiger partial charge on any atom is 0.244 e. The number of rotatable bonds is 3. The highest BCUT2D eigenvalue weighted by Crippen LogP contribution is 2.35. The molecule has 0 aliphatic heterocycles. The van der Waals surface area contributed by atoms with Crippen molar-refractivity contribution in [2.75, 3.05) is 12.8 Å². The third kappa shape index (κ3) is 3.55. The summed E-state index contributed by atoms with van der Waals surface area (Å²) in [6.07, 6.45) is 3.90. The molecule has 1 aromatic rings. The summed E-state index contributed by atoms with van der Waals surface area (Å²) < 4.78 is 27.5. The second-order valence-corrected chi connectivity index (χ2v) is 8.94. The fraction of sp³-hybridized carbons (Fsp3) is 0.571. The molecule has 1 aliphatic carbocycles. The molecule has 1 saturated carbocycles. The number of anilines is 1. The highest BCUT2D eigenvalue weighted by Gasteiger charge is 2.32. The van der Waals surface area contributed by atoms with Gasteiger partial charge in [0.25, 0.3) is 0 Å². The van der Waals surface area contributed by atoms with E-state index in [1.165, 1.54) is 16.4 Å². The van der Waals surface area contributed by atoms with Crippen molar-refractivity contribution in [3.05, 3.63) is 21.6 Å². The molecule has 0 aromatic heterocycles. The lowest BCUT2D eigenvalue weighted by Crippen LogP contribution is -2.39. The number of halogens is 2. The standard InChI is InChI=1S/C14H20BrClN2O2S/c1-9-3-5-11(6-4-9)18(2)21(19,20)13-8-10(16)7-12(17)14(13)15/h7-9,11H,3-6,17H2,1-2H3. The minimum absolute atomic E-state index is 0.0401. The molecule has 0 heterocycles. The van der Waals surface area contributed by atoms with Crippen molar-refractivity contribution >= 4 is 43.2 Å². The third-order valence-electron chi connectivity index (χ3n) is 4.19. The molecule has 0 spiro atoms. The number of nitrogens with zero attached hydrogens (tertiary/aromatic N) is 1. The number of hydrogen-bond acceptors (Lipinski definition) is 3. The molecular weight excluding hydrogens is 376 g/mol. The topological polar surface area (TPSA) is 63.4 Å². The van der Waals surface area contributed by atoms with E-state index in [0.717, 1.165) is 25.7 Å². The Morgan fingerprint density at radius 1 is 1.29 bits per heavy atom. The molecule has 0 bridgehead atoms.